The monoisotopic (exact) mass is 272 g/mol. The molecule has 0 N–H and O–H groups in total. The predicted octanol–water partition coefficient (Wildman–Crippen LogP) is 3.74. The van der Waals surface area contributed by atoms with Crippen LogP contribution in [0.1, 0.15) is 5.56 Å². The Morgan fingerprint density at radius 2 is 1.89 bits per heavy atom. The summed E-state index contributed by atoms with van der Waals surface area (Å²) < 4.78 is 37.3. The van der Waals surface area contributed by atoms with Crippen LogP contribution in [-0.2, 0) is 12.3 Å². The quantitative estimate of drug-likeness (QED) is 0.789. The molecule has 0 atom stereocenters. The Labute approximate surface area is 107 Å². The van der Waals surface area contributed by atoms with Gasteiger partial charge in [0.15, 0.2) is 0 Å². The van der Waals surface area contributed by atoms with Crippen molar-refractivity contribution in [1.82, 2.24) is 9.78 Å². The van der Waals surface area contributed by atoms with Crippen molar-refractivity contribution in [1.29, 1.82) is 0 Å². The van der Waals surface area contributed by atoms with Gasteiger partial charge in [0, 0.05) is 16.8 Å². The van der Waals surface area contributed by atoms with Gasteiger partial charge in [0.1, 0.15) is 6.54 Å². The van der Waals surface area contributed by atoms with E-state index in [9.17, 15) is 13.2 Å². The third-order valence-electron chi connectivity index (χ3n) is 2.20. The first-order valence-corrected chi connectivity index (χ1v) is 6.27. The average molecular weight is 272 g/mol. The van der Waals surface area contributed by atoms with Gasteiger partial charge >= 0.3 is 6.18 Å². The van der Waals surface area contributed by atoms with E-state index in [-0.39, 0.29) is 0 Å². The van der Waals surface area contributed by atoms with Crippen molar-refractivity contribution in [2.24, 2.45) is 0 Å². The molecule has 0 bridgehead atoms. The van der Waals surface area contributed by atoms with Gasteiger partial charge in [-0.25, -0.2) is 0 Å². The van der Waals surface area contributed by atoms with E-state index in [1.807, 2.05) is 30.3 Å². The number of nitrogens with zero attached hydrogens (tertiary/aromatic N) is 2. The van der Waals surface area contributed by atoms with Crippen LogP contribution in [0.25, 0.3) is 0 Å². The van der Waals surface area contributed by atoms with Crippen molar-refractivity contribution in [2.75, 3.05) is 0 Å². The van der Waals surface area contributed by atoms with Gasteiger partial charge in [0.2, 0.25) is 0 Å². The topological polar surface area (TPSA) is 17.8 Å². The number of hydrogen-bond acceptors (Lipinski definition) is 2. The van der Waals surface area contributed by atoms with Crippen LogP contribution >= 0.6 is 11.8 Å². The molecule has 0 aliphatic carbocycles. The first-order valence-electron chi connectivity index (χ1n) is 5.29. The highest BCUT2D eigenvalue weighted by molar-refractivity contribution is 7.98. The fraction of sp³-hybridized carbons (Fsp3) is 0.250. The largest absolute Gasteiger partial charge is 0.408 e. The molecule has 0 amide bonds. The maximum absolute atomic E-state index is 12.1. The minimum absolute atomic E-state index is 0.721. The first-order chi connectivity index (χ1) is 8.53. The summed E-state index contributed by atoms with van der Waals surface area (Å²) in [6, 6.07) is 9.75. The molecule has 1 aromatic heterocycles. The zero-order valence-corrected chi connectivity index (χ0v) is 10.2. The molecule has 96 valence electrons. The average Bonchev–Trinajstić information content (AvgIpc) is 2.73. The zero-order valence-electron chi connectivity index (χ0n) is 9.39. The molecule has 18 heavy (non-hydrogen) atoms. The van der Waals surface area contributed by atoms with E-state index in [2.05, 4.69) is 5.10 Å². The van der Waals surface area contributed by atoms with Crippen LogP contribution in [0.3, 0.4) is 0 Å². The molecule has 2 nitrogen and oxygen atoms in total. The molecule has 0 saturated heterocycles. The lowest BCUT2D eigenvalue weighted by Gasteiger charge is -2.05. The summed E-state index contributed by atoms with van der Waals surface area (Å²) >= 11 is 1.47. The molecule has 0 fully saturated rings. The Morgan fingerprint density at radius 1 is 1.17 bits per heavy atom. The van der Waals surface area contributed by atoms with Gasteiger partial charge in [-0.15, -0.1) is 11.8 Å². The minimum atomic E-state index is -4.23. The Morgan fingerprint density at radius 3 is 2.56 bits per heavy atom. The van der Waals surface area contributed by atoms with Crippen molar-refractivity contribution in [3.63, 3.8) is 0 Å². The summed E-state index contributed by atoms with van der Waals surface area (Å²) in [5, 5.41) is 3.69. The second-order valence-electron chi connectivity index (χ2n) is 3.76. The van der Waals surface area contributed by atoms with Crippen LogP contribution < -0.4 is 0 Å². The number of alkyl halides is 3. The first kappa shape index (κ1) is 13.0. The number of benzene rings is 1. The predicted molar refractivity (Wildman–Crippen MR) is 64.3 cm³/mol. The van der Waals surface area contributed by atoms with Crippen LogP contribution in [0.5, 0.6) is 0 Å². The van der Waals surface area contributed by atoms with E-state index in [0.29, 0.717) is 0 Å². The van der Waals surface area contributed by atoms with Gasteiger partial charge in [-0.05, 0) is 5.56 Å². The summed E-state index contributed by atoms with van der Waals surface area (Å²) in [4.78, 5) is 0.739. The fourth-order valence-corrected chi connectivity index (χ4v) is 2.27. The minimum Gasteiger partial charge on any atom is -0.262 e. The second kappa shape index (κ2) is 5.48. The lowest BCUT2D eigenvalue weighted by atomic mass is 10.2. The van der Waals surface area contributed by atoms with Crippen molar-refractivity contribution < 1.29 is 13.2 Å². The molecule has 2 rings (SSSR count). The maximum atomic E-state index is 12.1. The highest BCUT2D eigenvalue weighted by Crippen LogP contribution is 2.23. The molecular weight excluding hydrogens is 261 g/mol. The van der Waals surface area contributed by atoms with Crippen LogP contribution in [0.4, 0.5) is 13.2 Å². The Kier molecular flexibility index (Phi) is 3.96. The maximum Gasteiger partial charge on any atom is 0.408 e. The van der Waals surface area contributed by atoms with E-state index >= 15 is 0 Å². The van der Waals surface area contributed by atoms with E-state index in [1.165, 1.54) is 24.2 Å². The van der Waals surface area contributed by atoms with Gasteiger partial charge in [-0.3, -0.25) is 4.68 Å². The lowest BCUT2D eigenvalue weighted by Crippen LogP contribution is -2.17. The summed E-state index contributed by atoms with van der Waals surface area (Å²) in [7, 11) is 0. The molecule has 0 aliphatic rings. The molecule has 0 aliphatic heterocycles. The number of hydrogen-bond donors (Lipinski definition) is 0. The standard InChI is InChI=1S/C12H11F3N2S/c13-12(14,15)9-17-7-11(6-16-17)18-8-10-4-2-1-3-5-10/h1-7H,8-9H2. The molecule has 0 spiro atoms. The molecule has 6 heteroatoms. The molecule has 2 aromatic rings. The third kappa shape index (κ3) is 4.10. The van der Waals surface area contributed by atoms with E-state index in [4.69, 9.17) is 0 Å². The number of aromatic nitrogens is 2. The van der Waals surface area contributed by atoms with Gasteiger partial charge in [-0.2, -0.15) is 18.3 Å². The van der Waals surface area contributed by atoms with E-state index < -0.39 is 12.7 Å². The molecular formula is C12H11F3N2S. The lowest BCUT2D eigenvalue weighted by molar-refractivity contribution is -0.142. The summed E-state index contributed by atoms with van der Waals surface area (Å²) in [5.41, 5.74) is 1.13. The van der Waals surface area contributed by atoms with Crippen molar-refractivity contribution in [3.8, 4) is 0 Å². The van der Waals surface area contributed by atoms with Gasteiger partial charge < -0.3 is 0 Å². The smallest absolute Gasteiger partial charge is 0.262 e. The normalized spacial score (nSPS) is 11.7. The van der Waals surface area contributed by atoms with Crippen LogP contribution in [-0.4, -0.2) is 16.0 Å². The third-order valence-corrected chi connectivity index (χ3v) is 3.22. The molecule has 0 unspecified atom stereocenters. The Hall–Kier alpha value is -1.43. The molecule has 1 aromatic carbocycles. The van der Waals surface area contributed by atoms with Crippen molar-refractivity contribution in [2.45, 2.75) is 23.4 Å². The zero-order chi connectivity index (χ0) is 13.0. The Balaban J connectivity index is 1.91. The van der Waals surface area contributed by atoms with E-state index in [1.54, 1.807) is 0 Å². The van der Waals surface area contributed by atoms with Crippen LogP contribution in [0.15, 0.2) is 47.6 Å². The van der Waals surface area contributed by atoms with Gasteiger partial charge in [0.05, 0.1) is 6.20 Å². The number of rotatable bonds is 4. The molecule has 1 heterocycles. The SMILES string of the molecule is FC(F)(F)Cn1cc(SCc2ccccc2)cn1. The summed E-state index contributed by atoms with van der Waals surface area (Å²) in [6.07, 6.45) is -1.35. The van der Waals surface area contributed by atoms with Gasteiger partial charge in [-0.1, -0.05) is 30.3 Å². The summed E-state index contributed by atoms with van der Waals surface area (Å²) in [5.74, 6) is 0.721. The van der Waals surface area contributed by atoms with Crippen LogP contribution in [0, 0.1) is 0 Å². The highest BCUT2D eigenvalue weighted by atomic mass is 32.2. The highest BCUT2D eigenvalue weighted by Gasteiger charge is 2.28. The van der Waals surface area contributed by atoms with Crippen molar-refractivity contribution in [3.05, 3.63) is 48.3 Å². The molecule has 0 radical (unpaired) electrons. The van der Waals surface area contributed by atoms with Crippen molar-refractivity contribution >= 4 is 11.8 Å². The van der Waals surface area contributed by atoms with Gasteiger partial charge in [0.25, 0.3) is 0 Å². The molecule has 0 saturated carbocycles. The number of halogens is 3. The van der Waals surface area contributed by atoms with Crippen LogP contribution in [0.2, 0.25) is 0 Å². The van der Waals surface area contributed by atoms with E-state index in [0.717, 1.165) is 20.9 Å². The summed E-state index contributed by atoms with van der Waals surface area (Å²) in [6.45, 7) is -1.04. The second-order valence-corrected chi connectivity index (χ2v) is 4.81. The fourth-order valence-electron chi connectivity index (χ4n) is 1.43. The Bertz CT molecular complexity index is 494. The number of thioether (sulfide) groups is 1.